The molecule has 2 rings (SSSR count). The van der Waals surface area contributed by atoms with Gasteiger partial charge in [0.05, 0.1) is 19.2 Å². The fourth-order valence-electron chi connectivity index (χ4n) is 2.08. The van der Waals surface area contributed by atoms with Gasteiger partial charge in [-0.05, 0) is 42.3 Å². The summed E-state index contributed by atoms with van der Waals surface area (Å²) in [5, 5.41) is 3.95. The van der Waals surface area contributed by atoms with E-state index < -0.39 is 0 Å². The minimum Gasteiger partial charge on any atom is -0.493 e. The molecule has 0 bridgehead atoms. The number of anilines is 1. The van der Waals surface area contributed by atoms with Crippen LogP contribution in [-0.2, 0) is 6.54 Å². The third kappa shape index (κ3) is 3.63. The third-order valence-corrected chi connectivity index (χ3v) is 4.13. The monoisotopic (exact) mass is 369 g/mol. The highest BCUT2D eigenvalue weighted by Crippen LogP contribution is 2.37. The number of aryl methyl sites for hydroxylation is 1. The molecule has 3 nitrogen and oxygen atoms in total. The maximum absolute atomic E-state index is 6.37. The van der Waals surface area contributed by atoms with E-state index in [9.17, 15) is 0 Å². The highest BCUT2D eigenvalue weighted by Gasteiger charge is 2.13. The molecule has 112 valence electrons. The van der Waals surface area contributed by atoms with Crippen molar-refractivity contribution < 1.29 is 9.47 Å². The van der Waals surface area contributed by atoms with Crippen molar-refractivity contribution in [2.45, 2.75) is 13.5 Å². The summed E-state index contributed by atoms with van der Waals surface area (Å²) in [5.41, 5.74) is 3.20. The van der Waals surface area contributed by atoms with Gasteiger partial charge in [-0.3, -0.25) is 0 Å². The van der Waals surface area contributed by atoms with Gasteiger partial charge in [0, 0.05) is 16.7 Å². The number of hydrogen-bond acceptors (Lipinski definition) is 3. The normalized spacial score (nSPS) is 10.3. The van der Waals surface area contributed by atoms with Crippen LogP contribution in [0.1, 0.15) is 11.1 Å². The van der Waals surface area contributed by atoms with Crippen molar-refractivity contribution in [1.29, 1.82) is 0 Å². The van der Waals surface area contributed by atoms with Crippen molar-refractivity contribution in [3.05, 3.63) is 51.0 Å². The average molecular weight is 371 g/mol. The molecule has 1 N–H and O–H groups in total. The van der Waals surface area contributed by atoms with Gasteiger partial charge in [0.2, 0.25) is 0 Å². The largest absolute Gasteiger partial charge is 0.493 e. The fourth-order valence-corrected chi connectivity index (χ4v) is 2.86. The lowest BCUT2D eigenvalue weighted by Gasteiger charge is -2.14. The zero-order valence-electron chi connectivity index (χ0n) is 12.2. The molecule has 2 aromatic rings. The van der Waals surface area contributed by atoms with Crippen molar-refractivity contribution in [2.75, 3.05) is 19.5 Å². The first-order valence-electron chi connectivity index (χ1n) is 6.46. The Bertz CT molecular complexity index is 646. The standard InChI is InChI=1S/C16H17BrClNO2/c1-10-8-12(17)5-6-13(10)19-9-11-4-7-14(20-2)16(21-3)15(11)18/h4-8,19H,9H2,1-3H3. The van der Waals surface area contributed by atoms with E-state index in [1.165, 1.54) is 5.56 Å². The van der Waals surface area contributed by atoms with E-state index in [4.69, 9.17) is 21.1 Å². The Balaban J connectivity index is 2.20. The number of rotatable bonds is 5. The molecule has 0 radical (unpaired) electrons. The molecule has 0 aliphatic carbocycles. The first-order chi connectivity index (χ1) is 10.1. The van der Waals surface area contributed by atoms with Gasteiger partial charge in [-0.15, -0.1) is 0 Å². The van der Waals surface area contributed by atoms with Crippen LogP contribution in [0.2, 0.25) is 5.02 Å². The van der Waals surface area contributed by atoms with Crippen molar-refractivity contribution in [3.8, 4) is 11.5 Å². The minimum atomic E-state index is 0.561. The lowest BCUT2D eigenvalue weighted by atomic mass is 10.1. The topological polar surface area (TPSA) is 30.5 Å². The quantitative estimate of drug-likeness (QED) is 0.800. The summed E-state index contributed by atoms with van der Waals surface area (Å²) in [6.07, 6.45) is 0. The summed E-state index contributed by atoms with van der Waals surface area (Å²) >= 11 is 9.83. The number of methoxy groups -OCH3 is 2. The third-order valence-electron chi connectivity index (χ3n) is 3.22. The van der Waals surface area contributed by atoms with Gasteiger partial charge in [0.15, 0.2) is 11.5 Å². The van der Waals surface area contributed by atoms with E-state index >= 15 is 0 Å². The number of halogens is 2. The molecule has 2 aromatic carbocycles. The Morgan fingerprint density at radius 3 is 2.52 bits per heavy atom. The molecule has 5 heteroatoms. The fraction of sp³-hybridized carbons (Fsp3) is 0.250. The molecular weight excluding hydrogens is 354 g/mol. The van der Waals surface area contributed by atoms with Gasteiger partial charge in [-0.1, -0.05) is 33.6 Å². The molecule has 0 saturated heterocycles. The summed E-state index contributed by atoms with van der Waals surface area (Å²) in [4.78, 5) is 0. The van der Waals surface area contributed by atoms with Crippen molar-refractivity contribution >= 4 is 33.2 Å². The maximum Gasteiger partial charge on any atom is 0.179 e. The first kappa shape index (κ1) is 16.0. The van der Waals surface area contributed by atoms with E-state index in [0.717, 1.165) is 15.7 Å². The summed E-state index contributed by atoms with van der Waals surface area (Å²) < 4.78 is 11.6. The van der Waals surface area contributed by atoms with Crippen LogP contribution in [0, 0.1) is 6.92 Å². The Kier molecular flexibility index (Phi) is 5.37. The Hall–Kier alpha value is -1.39. The molecule has 0 spiro atoms. The zero-order valence-corrected chi connectivity index (χ0v) is 14.5. The smallest absolute Gasteiger partial charge is 0.179 e. The second-order valence-corrected chi connectivity index (χ2v) is 5.88. The molecule has 0 unspecified atom stereocenters. The molecule has 0 aliphatic rings. The number of hydrogen-bond donors (Lipinski definition) is 1. The maximum atomic E-state index is 6.37. The molecular formula is C16H17BrClNO2. The van der Waals surface area contributed by atoms with Crippen molar-refractivity contribution in [2.24, 2.45) is 0 Å². The van der Waals surface area contributed by atoms with Crippen molar-refractivity contribution in [1.82, 2.24) is 0 Å². The van der Waals surface area contributed by atoms with Gasteiger partial charge >= 0.3 is 0 Å². The van der Waals surface area contributed by atoms with Crippen molar-refractivity contribution in [3.63, 3.8) is 0 Å². The lowest BCUT2D eigenvalue weighted by Crippen LogP contribution is -2.03. The lowest BCUT2D eigenvalue weighted by molar-refractivity contribution is 0.355. The Labute approximate surface area is 138 Å². The van der Waals surface area contributed by atoms with Crippen LogP contribution < -0.4 is 14.8 Å². The van der Waals surface area contributed by atoms with Gasteiger partial charge in [0.25, 0.3) is 0 Å². The molecule has 0 aliphatic heterocycles. The molecule has 0 fully saturated rings. The van der Waals surface area contributed by atoms with Gasteiger partial charge < -0.3 is 14.8 Å². The van der Waals surface area contributed by atoms with Crippen LogP contribution >= 0.6 is 27.5 Å². The van der Waals surface area contributed by atoms with Crippen LogP contribution in [0.25, 0.3) is 0 Å². The predicted molar refractivity (Wildman–Crippen MR) is 90.8 cm³/mol. The molecule has 0 atom stereocenters. The first-order valence-corrected chi connectivity index (χ1v) is 7.63. The highest BCUT2D eigenvalue weighted by molar-refractivity contribution is 9.10. The average Bonchev–Trinajstić information content (AvgIpc) is 2.47. The number of benzene rings is 2. The van der Waals surface area contributed by atoms with Gasteiger partial charge in [-0.25, -0.2) is 0 Å². The van der Waals surface area contributed by atoms with Crippen LogP contribution in [0.5, 0.6) is 11.5 Å². The molecule has 0 aromatic heterocycles. The molecule has 0 amide bonds. The molecule has 0 saturated carbocycles. The zero-order chi connectivity index (χ0) is 15.4. The Morgan fingerprint density at radius 1 is 1.14 bits per heavy atom. The minimum absolute atomic E-state index is 0.561. The van der Waals surface area contributed by atoms with E-state index in [1.807, 2.05) is 24.3 Å². The highest BCUT2D eigenvalue weighted by atomic mass is 79.9. The van der Waals surface area contributed by atoms with Crippen LogP contribution in [0.3, 0.4) is 0 Å². The second kappa shape index (κ2) is 7.05. The van der Waals surface area contributed by atoms with Crippen LogP contribution in [0.4, 0.5) is 5.69 Å². The van der Waals surface area contributed by atoms with Crippen LogP contribution in [0.15, 0.2) is 34.8 Å². The van der Waals surface area contributed by atoms with Crippen LogP contribution in [-0.4, -0.2) is 14.2 Å². The summed E-state index contributed by atoms with van der Waals surface area (Å²) in [6, 6.07) is 9.90. The van der Waals surface area contributed by atoms with Gasteiger partial charge in [-0.2, -0.15) is 0 Å². The van der Waals surface area contributed by atoms with E-state index in [2.05, 4.69) is 34.2 Å². The van der Waals surface area contributed by atoms with E-state index in [1.54, 1.807) is 14.2 Å². The Morgan fingerprint density at radius 2 is 1.90 bits per heavy atom. The predicted octanol–water partition coefficient (Wildman–Crippen LogP) is 5.04. The summed E-state index contributed by atoms with van der Waals surface area (Å²) in [6.45, 7) is 2.67. The molecule has 21 heavy (non-hydrogen) atoms. The molecule has 0 heterocycles. The summed E-state index contributed by atoms with van der Waals surface area (Å²) in [7, 11) is 3.18. The van der Waals surface area contributed by atoms with E-state index in [0.29, 0.717) is 23.1 Å². The SMILES string of the molecule is COc1ccc(CNc2ccc(Br)cc2C)c(Cl)c1OC. The second-order valence-electron chi connectivity index (χ2n) is 4.59. The number of nitrogens with one attached hydrogen (secondary N) is 1. The van der Waals surface area contributed by atoms with Gasteiger partial charge in [0.1, 0.15) is 0 Å². The van der Waals surface area contributed by atoms with E-state index in [-0.39, 0.29) is 0 Å². The number of ether oxygens (including phenoxy) is 2. The summed E-state index contributed by atoms with van der Waals surface area (Å²) in [5.74, 6) is 1.19.